The van der Waals surface area contributed by atoms with E-state index in [9.17, 15) is 0 Å². The fourth-order valence-corrected chi connectivity index (χ4v) is 0.698. The Labute approximate surface area is 66.7 Å². The van der Waals surface area contributed by atoms with Crippen LogP contribution in [0.5, 0.6) is 0 Å². The van der Waals surface area contributed by atoms with Crippen molar-refractivity contribution in [3.63, 3.8) is 0 Å². The molecule has 1 rings (SSSR count). The summed E-state index contributed by atoms with van der Waals surface area (Å²) < 4.78 is 1.82. The Bertz CT molecular complexity index is 255. The first-order valence-electron chi connectivity index (χ1n) is 3.59. The molecule has 0 radical (unpaired) electrons. The molecule has 0 atom stereocenters. The van der Waals surface area contributed by atoms with Crippen molar-refractivity contribution in [1.29, 1.82) is 0 Å². The first-order valence-corrected chi connectivity index (χ1v) is 3.59. The fraction of sp³-hybridized carbons (Fsp3) is 0.500. The van der Waals surface area contributed by atoms with Crippen LogP contribution in [0.4, 0.5) is 0 Å². The van der Waals surface area contributed by atoms with Gasteiger partial charge in [0, 0.05) is 0 Å². The van der Waals surface area contributed by atoms with Crippen LogP contribution in [-0.2, 0) is 5.54 Å². The maximum Gasteiger partial charge on any atom is 0.105 e. The zero-order valence-electron chi connectivity index (χ0n) is 7.20. The molecule has 0 aliphatic rings. The molecule has 0 aromatic carbocycles. The number of aromatic nitrogens is 3. The van der Waals surface area contributed by atoms with Crippen molar-refractivity contribution in [2.45, 2.75) is 26.3 Å². The summed E-state index contributed by atoms with van der Waals surface area (Å²) in [7, 11) is 0. The van der Waals surface area contributed by atoms with E-state index in [0.717, 1.165) is 5.69 Å². The van der Waals surface area contributed by atoms with Gasteiger partial charge in [-0.1, -0.05) is 11.8 Å². The highest BCUT2D eigenvalue weighted by Crippen LogP contribution is 2.11. The highest BCUT2D eigenvalue weighted by atomic mass is 15.4. The van der Waals surface area contributed by atoms with E-state index in [4.69, 9.17) is 0 Å². The van der Waals surface area contributed by atoms with E-state index >= 15 is 0 Å². The molecule has 0 spiro atoms. The highest BCUT2D eigenvalue weighted by Gasteiger charge is 2.13. The van der Waals surface area contributed by atoms with Crippen LogP contribution in [-0.4, -0.2) is 15.0 Å². The third kappa shape index (κ3) is 1.67. The second kappa shape index (κ2) is 2.49. The number of nitrogens with zero attached hydrogens (tertiary/aromatic N) is 3. The van der Waals surface area contributed by atoms with Crippen molar-refractivity contribution in [2.75, 3.05) is 0 Å². The summed E-state index contributed by atoms with van der Waals surface area (Å²) >= 11 is 0. The van der Waals surface area contributed by atoms with E-state index in [-0.39, 0.29) is 5.54 Å². The first-order chi connectivity index (χ1) is 5.04. The molecule has 3 heteroatoms. The molecule has 0 unspecified atom stereocenters. The van der Waals surface area contributed by atoms with Crippen molar-refractivity contribution in [3.8, 4) is 0 Å². The Kier molecular flexibility index (Phi) is 1.81. The summed E-state index contributed by atoms with van der Waals surface area (Å²) in [5, 5.41) is 7.85. The molecule has 1 heterocycles. The maximum atomic E-state index is 3.95. The van der Waals surface area contributed by atoms with Gasteiger partial charge in [-0.2, -0.15) is 0 Å². The SMILES string of the molecule is C=Cc1cn(C(C)(C)C)nn1. The van der Waals surface area contributed by atoms with Crippen molar-refractivity contribution in [3.05, 3.63) is 18.5 Å². The molecule has 1 aromatic rings. The minimum atomic E-state index is 0.00819. The quantitative estimate of drug-likeness (QED) is 0.611. The van der Waals surface area contributed by atoms with Gasteiger partial charge in [-0.25, -0.2) is 4.68 Å². The third-order valence-corrected chi connectivity index (χ3v) is 1.41. The minimum absolute atomic E-state index is 0.00819. The van der Waals surface area contributed by atoms with Crippen LogP contribution < -0.4 is 0 Å². The van der Waals surface area contributed by atoms with Crippen LogP contribution in [0.2, 0.25) is 0 Å². The second-order valence-corrected chi connectivity index (χ2v) is 3.46. The summed E-state index contributed by atoms with van der Waals surface area (Å²) in [6.07, 6.45) is 3.57. The molecular formula is C8H13N3. The van der Waals surface area contributed by atoms with Crippen molar-refractivity contribution in [2.24, 2.45) is 0 Å². The van der Waals surface area contributed by atoms with Crippen LogP contribution in [0.1, 0.15) is 26.5 Å². The largest absolute Gasteiger partial charge is 0.247 e. The molecule has 0 aliphatic heterocycles. The third-order valence-electron chi connectivity index (χ3n) is 1.41. The van der Waals surface area contributed by atoms with Crippen molar-refractivity contribution < 1.29 is 0 Å². The van der Waals surface area contributed by atoms with Gasteiger partial charge in [0.2, 0.25) is 0 Å². The lowest BCUT2D eigenvalue weighted by atomic mass is 10.1. The van der Waals surface area contributed by atoms with Gasteiger partial charge < -0.3 is 0 Å². The van der Waals surface area contributed by atoms with E-state index in [1.807, 2.05) is 10.9 Å². The van der Waals surface area contributed by atoms with E-state index in [1.165, 1.54) is 0 Å². The number of rotatable bonds is 1. The van der Waals surface area contributed by atoms with Gasteiger partial charge in [0.1, 0.15) is 5.69 Å². The molecule has 0 saturated heterocycles. The number of hydrogen-bond acceptors (Lipinski definition) is 2. The fourth-order valence-electron chi connectivity index (χ4n) is 0.698. The Balaban J connectivity index is 2.98. The van der Waals surface area contributed by atoms with Gasteiger partial charge in [0.25, 0.3) is 0 Å². The molecule has 0 N–H and O–H groups in total. The Morgan fingerprint density at radius 2 is 2.18 bits per heavy atom. The monoisotopic (exact) mass is 151 g/mol. The van der Waals surface area contributed by atoms with Gasteiger partial charge in [0.05, 0.1) is 11.7 Å². The molecule has 0 amide bonds. The van der Waals surface area contributed by atoms with E-state index in [2.05, 4.69) is 37.7 Å². The molecule has 0 aliphatic carbocycles. The first kappa shape index (κ1) is 7.98. The molecule has 3 nitrogen and oxygen atoms in total. The van der Waals surface area contributed by atoms with Crippen LogP contribution in [0.15, 0.2) is 12.8 Å². The molecular weight excluding hydrogens is 138 g/mol. The minimum Gasteiger partial charge on any atom is -0.247 e. The summed E-state index contributed by atoms with van der Waals surface area (Å²) in [5.41, 5.74) is 0.828. The molecule has 1 aromatic heterocycles. The topological polar surface area (TPSA) is 30.7 Å². The van der Waals surface area contributed by atoms with Crippen LogP contribution in [0.3, 0.4) is 0 Å². The average Bonchev–Trinajstić information content (AvgIpc) is 2.32. The Hall–Kier alpha value is -1.12. The summed E-state index contributed by atoms with van der Waals surface area (Å²) in [6, 6.07) is 0. The van der Waals surface area contributed by atoms with Crippen molar-refractivity contribution >= 4 is 6.08 Å². The van der Waals surface area contributed by atoms with Crippen LogP contribution in [0, 0.1) is 0 Å². The average molecular weight is 151 g/mol. The predicted octanol–water partition coefficient (Wildman–Crippen LogP) is 1.68. The van der Waals surface area contributed by atoms with Crippen molar-refractivity contribution in [1.82, 2.24) is 15.0 Å². The smallest absolute Gasteiger partial charge is 0.105 e. The van der Waals surface area contributed by atoms with E-state index < -0.39 is 0 Å². The normalized spacial score (nSPS) is 11.5. The summed E-state index contributed by atoms with van der Waals surface area (Å²) in [4.78, 5) is 0. The standard InChI is InChI=1S/C8H13N3/c1-5-7-6-11(10-9-7)8(2,3)4/h5-6H,1H2,2-4H3. The summed E-state index contributed by atoms with van der Waals surface area (Å²) in [5.74, 6) is 0. The number of hydrogen-bond donors (Lipinski definition) is 0. The second-order valence-electron chi connectivity index (χ2n) is 3.46. The highest BCUT2D eigenvalue weighted by molar-refractivity contribution is 5.38. The zero-order chi connectivity index (χ0) is 8.48. The molecule has 0 saturated carbocycles. The Morgan fingerprint density at radius 3 is 2.45 bits per heavy atom. The lowest BCUT2D eigenvalue weighted by Crippen LogP contribution is -2.22. The van der Waals surface area contributed by atoms with Gasteiger partial charge in [0.15, 0.2) is 0 Å². The molecule has 11 heavy (non-hydrogen) atoms. The van der Waals surface area contributed by atoms with Gasteiger partial charge in [-0.15, -0.1) is 5.10 Å². The van der Waals surface area contributed by atoms with Gasteiger partial charge in [-0.3, -0.25) is 0 Å². The van der Waals surface area contributed by atoms with E-state index in [0.29, 0.717) is 0 Å². The maximum absolute atomic E-state index is 3.95. The lowest BCUT2D eigenvalue weighted by molar-refractivity contribution is 0.347. The van der Waals surface area contributed by atoms with Crippen LogP contribution in [0.25, 0.3) is 6.08 Å². The van der Waals surface area contributed by atoms with Gasteiger partial charge in [-0.05, 0) is 26.8 Å². The zero-order valence-corrected chi connectivity index (χ0v) is 7.20. The molecule has 0 fully saturated rings. The Morgan fingerprint density at radius 1 is 1.55 bits per heavy atom. The lowest BCUT2D eigenvalue weighted by Gasteiger charge is -2.17. The summed E-state index contributed by atoms with van der Waals surface area (Å²) in [6.45, 7) is 9.84. The predicted molar refractivity (Wildman–Crippen MR) is 45.1 cm³/mol. The molecule has 60 valence electrons. The van der Waals surface area contributed by atoms with Gasteiger partial charge >= 0.3 is 0 Å². The van der Waals surface area contributed by atoms with E-state index in [1.54, 1.807) is 6.08 Å². The van der Waals surface area contributed by atoms with Crippen LogP contribution >= 0.6 is 0 Å². The molecule has 0 bridgehead atoms.